The zero-order valence-corrected chi connectivity index (χ0v) is 13.8. The number of halogens is 2. The highest BCUT2D eigenvalue weighted by atomic mass is 35.5. The zero-order chi connectivity index (χ0) is 15.7. The van der Waals surface area contributed by atoms with E-state index in [0.29, 0.717) is 45.1 Å². The van der Waals surface area contributed by atoms with Crippen LogP contribution in [0.15, 0.2) is 12.3 Å². The van der Waals surface area contributed by atoms with Gasteiger partial charge >= 0.3 is 0 Å². The molecule has 0 radical (unpaired) electrons. The summed E-state index contributed by atoms with van der Waals surface area (Å²) < 4.78 is 10.6. The highest BCUT2D eigenvalue weighted by molar-refractivity contribution is 6.41. The summed E-state index contributed by atoms with van der Waals surface area (Å²) in [4.78, 5) is 18.0. The number of carbonyl (C=O) groups excluding carboxylic acids is 1. The van der Waals surface area contributed by atoms with E-state index in [1.54, 1.807) is 4.90 Å². The van der Waals surface area contributed by atoms with Crippen LogP contribution in [0.4, 0.5) is 0 Å². The second-order valence-electron chi connectivity index (χ2n) is 4.18. The lowest BCUT2D eigenvalue weighted by Crippen LogP contribution is -2.36. The van der Waals surface area contributed by atoms with Crippen LogP contribution in [0.2, 0.25) is 10.2 Å². The molecule has 0 spiro atoms. The first-order valence-electron chi connectivity index (χ1n) is 6.85. The highest BCUT2D eigenvalue weighted by Crippen LogP contribution is 2.20. The summed E-state index contributed by atoms with van der Waals surface area (Å²) in [5, 5.41) is 0.445. The molecule has 1 heterocycles. The topological polar surface area (TPSA) is 51.7 Å². The van der Waals surface area contributed by atoms with E-state index in [2.05, 4.69) is 4.98 Å². The summed E-state index contributed by atoms with van der Waals surface area (Å²) >= 11 is 11.7. The van der Waals surface area contributed by atoms with E-state index in [1.807, 2.05) is 13.8 Å². The fourth-order valence-electron chi connectivity index (χ4n) is 1.67. The van der Waals surface area contributed by atoms with Gasteiger partial charge in [0.25, 0.3) is 5.91 Å². The van der Waals surface area contributed by atoms with Crippen molar-refractivity contribution in [3.05, 3.63) is 28.0 Å². The first-order valence-corrected chi connectivity index (χ1v) is 7.61. The van der Waals surface area contributed by atoms with Crippen LogP contribution in [0.1, 0.15) is 24.2 Å². The van der Waals surface area contributed by atoms with Gasteiger partial charge in [-0.15, -0.1) is 0 Å². The molecule has 118 valence electrons. The first-order chi connectivity index (χ1) is 10.1. The van der Waals surface area contributed by atoms with E-state index in [0.717, 1.165) is 0 Å². The molecular formula is C14H20Cl2N2O3. The Morgan fingerprint density at radius 1 is 1.19 bits per heavy atom. The number of carbonyl (C=O) groups is 1. The molecule has 0 aromatic carbocycles. The summed E-state index contributed by atoms with van der Waals surface area (Å²) in [6.45, 7) is 6.97. The number of aromatic nitrogens is 1. The molecule has 1 aromatic rings. The average Bonchev–Trinajstić information content (AvgIpc) is 2.48. The van der Waals surface area contributed by atoms with Gasteiger partial charge in [0.1, 0.15) is 5.15 Å². The Kier molecular flexibility index (Phi) is 8.61. The highest BCUT2D eigenvalue weighted by Gasteiger charge is 2.17. The molecule has 0 fully saturated rings. The van der Waals surface area contributed by atoms with Gasteiger partial charge in [-0.1, -0.05) is 23.2 Å². The van der Waals surface area contributed by atoms with Gasteiger partial charge in [0, 0.05) is 32.5 Å². The number of ether oxygens (including phenoxy) is 2. The lowest BCUT2D eigenvalue weighted by molar-refractivity contribution is 0.0549. The zero-order valence-electron chi connectivity index (χ0n) is 12.3. The Balaban J connectivity index is 2.73. The molecular weight excluding hydrogens is 315 g/mol. The van der Waals surface area contributed by atoms with Crippen LogP contribution in [0.3, 0.4) is 0 Å². The van der Waals surface area contributed by atoms with Gasteiger partial charge in [0.2, 0.25) is 0 Å². The third-order valence-corrected chi connectivity index (χ3v) is 3.44. The van der Waals surface area contributed by atoms with Gasteiger partial charge in [0.15, 0.2) is 0 Å². The van der Waals surface area contributed by atoms with E-state index in [-0.39, 0.29) is 16.1 Å². The van der Waals surface area contributed by atoms with Gasteiger partial charge in [-0.05, 0) is 19.9 Å². The smallest absolute Gasteiger partial charge is 0.255 e. The molecule has 0 N–H and O–H groups in total. The van der Waals surface area contributed by atoms with Crippen molar-refractivity contribution in [3.8, 4) is 0 Å². The van der Waals surface area contributed by atoms with Crippen molar-refractivity contribution < 1.29 is 14.3 Å². The van der Waals surface area contributed by atoms with Crippen molar-refractivity contribution in [3.63, 3.8) is 0 Å². The standard InChI is InChI=1S/C14H20Cl2N2O3/c1-3-20-7-5-18(6-8-21-4-2)14(19)11-9-12(15)13(16)17-10-11/h9-10H,3-8H2,1-2H3. The number of pyridine rings is 1. The van der Waals surface area contributed by atoms with E-state index in [4.69, 9.17) is 32.7 Å². The summed E-state index contributed by atoms with van der Waals surface area (Å²) in [6, 6.07) is 1.52. The van der Waals surface area contributed by atoms with E-state index in [9.17, 15) is 4.79 Å². The molecule has 0 saturated heterocycles. The Morgan fingerprint density at radius 3 is 2.24 bits per heavy atom. The molecule has 7 heteroatoms. The maximum atomic E-state index is 12.5. The summed E-state index contributed by atoms with van der Waals surface area (Å²) in [5.74, 6) is -0.166. The number of rotatable bonds is 9. The SMILES string of the molecule is CCOCCN(CCOCC)C(=O)c1cnc(Cl)c(Cl)c1. The van der Waals surface area contributed by atoms with Crippen LogP contribution in [-0.2, 0) is 9.47 Å². The van der Waals surface area contributed by atoms with Gasteiger partial charge in [-0.2, -0.15) is 0 Å². The van der Waals surface area contributed by atoms with E-state index >= 15 is 0 Å². The van der Waals surface area contributed by atoms with Crippen molar-refractivity contribution in [2.75, 3.05) is 39.5 Å². The molecule has 0 saturated carbocycles. The molecule has 0 aliphatic rings. The predicted octanol–water partition coefficient (Wildman–Crippen LogP) is 2.90. The third kappa shape index (κ3) is 6.18. The number of hydrogen-bond acceptors (Lipinski definition) is 4. The molecule has 5 nitrogen and oxygen atoms in total. The Morgan fingerprint density at radius 2 is 1.76 bits per heavy atom. The van der Waals surface area contributed by atoms with Gasteiger partial charge in [-0.25, -0.2) is 4.98 Å². The lowest BCUT2D eigenvalue weighted by Gasteiger charge is -2.22. The largest absolute Gasteiger partial charge is 0.380 e. The minimum atomic E-state index is -0.166. The van der Waals surface area contributed by atoms with Gasteiger partial charge < -0.3 is 14.4 Å². The van der Waals surface area contributed by atoms with Crippen molar-refractivity contribution >= 4 is 29.1 Å². The summed E-state index contributed by atoms with van der Waals surface area (Å²) in [5.41, 5.74) is 0.400. The molecule has 21 heavy (non-hydrogen) atoms. The average molecular weight is 335 g/mol. The Hall–Kier alpha value is -0.880. The fraction of sp³-hybridized carbons (Fsp3) is 0.571. The quantitative estimate of drug-likeness (QED) is 0.514. The van der Waals surface area contributed by atoms with E-state index in [1.165, 1.54) is 12.3 Å². The molecule has 0 aliphatic heterocycles. The maximum absolute atomic E-state index is 12.5. The number of nitrogens with zero attached hydrogens (tertiary/aromatic N) is 2. The monoisotopic (exact) mass is 334 g/mol. The van der Waals surface area contributed by atoms with Crippen molar-refractivity contribution in [2.24, 2.45) is 0 Å². The van der Waals surface area contributed by atoms with Crippen LogP contribution in [-0.4, -0.2) is 55.3 Å². The molecule has 1 amide bonds. The molecule has 0 aliphatic carbocycles. The van der Waals surface area contributed by atoms with Crippen molar-refractivity contribution in [1.29, 1.82) is 0 Å². The third-order valence-electron chi connectivity index (χ3n) is 2.75. The summed E-state index contributed by atoms with van der Waals surface area (Å²) in [7, 11) is 0. The summed E-state index contributed by atoms with van der Waals surface area (Å²) in [6.07, 6.45) is 1.42. The van der Waals surface area contributed by atoms with Crippen LogP contribution >= 0.6 is 23.2 Å². The Labute approximate surface area is 135 Å². The molecule has 0 unspecified atom stereocenters. The lowest BCUT2D eigenvalue weighted by atomic mass is 10.2. The van der Waals surface area contributed by atoms with Crippen LogP contribution in [0.5, 0.6) is 0 Å². The first kappa shape index (κ1) is 18.2. The van der Waals surface area contributed by atoms with Crippen molar-refractivity contribution in [1.82, 2.24) is 9.88 Å². The van der Waals surface area contributed by atoms with Crippen LogP contribution in [0.25, 0.3) is 0 Å². The molecule has 0 atom stereocenters. The van der Waals surface area contributed by atoms with Gasteiger partial charge in [-0.3, -0.25) is 4.79 Å². The molecule has 1 rings (SSSR count). The Bertz CT molecular complexity index is 448. The molecule has 0 bridgehead atoms. The van der Waals surface area contributed by atoms with Crippen molar-refractivity contribution in [2.45, 2.75) is 13.8 Å². The van der Waals surface area contributed by atoms with Gasteiger partial charge in [0.05, 0.1) is 23.8 Å². The number of amides is 1. The predicted molar refractivity (Wildman–Crippen MR) is 83.1 cm³/mol. The maximum Gasteiger partial charge on any atom is 0.255 e. The normalized spacial score (nSPS) is 10.7. The second-order valence-corrected chi connectivity index (χ2v) is 4.95. The van der Waals surface area contributed by atoms with Crippen LogP contribution < -0.4 is 0 Å². The van der Waals surface area contributed by atoms with E-state index < -0.39 is 0 Å². The number of hydrogen-bond donors (Lipinski definition) is 0. The minimum Gasteiger partial charge on any atom is -0.380 e. The minimum absolute atomic E-state index is 0.166. The van der Waals surface area contributed by atoms with Crippen LogP contribution in [0, 0.1) is 0 Å². The molecule has 1 aromatic heterocycles. The fourth-order valence-corrected chi connectivity index (χ4v) is 1.94. The second kappa shape index (κ2) is 9.95.